The maximum Gasteiger partial charge on any atom is 0.573 e. The number of ether oxygens (including phenoxy) is 1. The van der Waals surface area contributed by atoms with E-state index < -0.39 is 88.2 Å². The summed E-state index contributed by atoms with van der Waals surface area (Å²) in [7, 11) is 3.00. The largest absolute Gasteiger partial charge is 0.573 e. The van der Waals surface area contributed by atoms with Crippen LogP contribution in [-0.2, 0) is 25.6 Å². The Morgan fingerprint density at radius 2 is 1.51 bits per heavy atom. The summed E-state index contributed by atoms with van der Waals surface area (Å²) >= 11 is 0. The van der Waals surface area contributed by atoms with Crippen LogP contribution in [0.15, 0.2) is 60.7 Å². The van der Waals surface area contributed by atoms with E-state index in [1.165, 1.54) is 37.2 Å². The van der Waals surface area contributed by atoms with Gasteiger partial charge in [0.25, 0.3) is 0 Å². The smallest absolute Gasteiger partial charge is 0.507 e. The molecule has 0 bridgehead atoms. The molecule has 2 unspecified atom stereocenters. The van der Waals surface area contributed by atoms with Gasteiger partial charge in [0.2, 0.25) is 5.91 Å². The molecule has 3 aliphatic carbocycles. The van der Waals surface area contributed by atoms with Gasteiger partial charge in [-0.2, -0.15) is 0 Å². The number of fused-ring (bicyclic) bond motifs is 3. The van der Waals surface area contributed by atoms with Crippen LogP contribution in [0.4, 0.5) is 29.3 Å². The Labute approximate surface area is 287 Å². The number of Topliss-reactive ketones (excluding diaryl/α,β-unsaturated/α-hetero) is 4. The van der Waals surface area contributed by atoms with Gasteiger partial charge in [0.15, 0.2) is 34.7 Å². The number of nitrogens with zero attached hydrogens (tertiary/aromatic N) is 1. The van der Waals surface area contributed by atoms with Gasteiger partial charge in [0.1, 0.15) is 11.5 Å². The van der Waals surface area contributed by atoms with Crippen molar-refractivity contribution >= 4 is 46.4 Å². The summed E-state index contributed by atoms with van der Waals surface area (Å²) in [6.45, 7) is 0. The number of carbonyl (C=O) groups is 6. The molecule has 6 N–H and O–H groups in total. The van der Waals surface area contributed by atoms with Crippen molar-refractivity contribution < 1.29 is 56.9 Å². The first kappa shape index (κ1) is 35.2. The van der Waals surface area contributed by atoms with Crippen LogP contribution in [0, 0.1) is 23.7 Å². The van der Waals surface area contributed by atoms with Gasteiger partial charge >= 0.3 is 12.4 Å². The van der Waals surface area contributed by atoms with Crippen molar-refractivity contribution in [1.29, 1.82) is 0 Å². The number of hydrogen-bond donors (Lipinski definition) is 5. The van der Waals surface area contributed by atoms with Crippen LogP contribution >= 0.6 is 0 Å². The average Bonchev–Trinajstić information content (AvgIpc) is 3.03. The Balaban J connectivity index is 1.25. The third-order valence-electron chi connectivity index (χ3n) is 9.74. The molecular weight excluding hydrogens is 677 g/mol. The van der Waals surface area contributed by atoms with Crippen molar-refractivity contribution in [3.05, 3.63) is 71.8 Å². The first-order valence-electron chi connectivity index (χ1n) is 15.7. The molecule has 13 nitrogen and oxygen atoms in total. The monoisotopic (exact) mass is 708 g/mol. The Bertz CT molecular complexity index is 1980. The van der Waals surface area contributed by atoms with E-state index in [1.54, 1.807) is 30.3 Å². The third kappa shape index (κ3) is 6.10. The summed E-state index contributed by atoms with van der Waals surface area (Å²) in [5.41, 5.74) is 4.40. The maximum absolute atomic E-state index is 14.0. The molecule has 0 spiro atoms. The molecule has 3 aromatic carbocycles. The third-order valence-corrected chi connectivity index (χ3v) is 9.74. The lowest BCUT2D eigenvalue weighted by molar-refractivity contribution is -0.274. The van der Waals surface area contributed by atoms with Crippen molar-refractivity contribution in [3.8, 4) is 22.6 Å². The zero-order chi connectivity index (χ0) is 37.2. The summed E-state index contributed by atoms with van der Waals surface area (Å²) < 4.78 is 41.0. The first-order valence-corrected chi connectivity index (χ1v) is 15.7. The molecule has 0 aliphatic heterocycles. The zero-order valence-electron chi connectivity index (χ0n) is 27.0. The number of benzene rings is 3. The van der Waals surface area contributed by atoms with Gasteiger partial charge in [-0.05, 0) is 92.0 Å². The van der Waals surface area contributed by atoms with E-state index in [4.69, 9.17) is 5.73 Å². The second-order valence-electron chi connectivity index (χ2n) is 13.0. The van der Waals surface area contributed by atoms with E-state index in [0.717, 1.165) is 12.1 Å². The van der Waals surface area contributed by atoms with Crippen LogP contribution in [0.1, 0.15) is 22.3 Å². The summed E-state index contributed by atoms with van der Waals surface area (Å²) in [4.78, 5) is 80.9. The summed E-state index contributed by atoms with van der Waals surface area (Å²) in [6, 6.07) is 11.9. The van der Waals surface area contributed by atoms with Crippen LogP contribution in [0.2, 0.25) is 0 Å². The number of rotatable bonds is 6. The summed E-state index contributed by atoms with van der Waals surface area (Å²) in [6.07, 6.45) is -4.90. The number of phenols is 1. The molecule has 0 saturated heterocycles. The lowest BCUT2D eigenvalue weighted by Crippen LogP contribution is -2.74. The van der Waals surface area contributed by atoms with Gasteiger partial charge in [-0.3, -0.25) is 28.9 Å². The van der Waals surface area contributed by atoms with Gasteiger partial charge in [0, 0.05) is 17.3 Å². The zero-order valence-corrected chi connectivity index (χ0v) is 27.0. The fraction of sp³-hybridized carbons (Fsp3) is 0.314. The second kappa shape index (κ2) is 12.6. The van der Waals surface area contributed by atoms with Crippen molar-refractivity contribution in [3.63, 3.8) is 0 Å². The van der Waals surface area contributed by atoms with Crippen LogP contribution in [0.3, 0.4) is 0 Å². The number of aromatic hydroxyl groups is 1. The predicted octanol–water partition coefficient (Wildman–Crippen LogP) is 3.08. The topological polar surface area (TPSA) is 205 Å². The number of primary amides is 1. The highest BCUT2D eigenvalue weighted by Crippen LogP contribution is 2.51. The van der Waals surface area contributed by atoms with E-state index in [1.807, 2.05) is 0 Å². The number of carbonyl (C=O) groups excluding carboxylic acids is 6. The molecule has 16 heteroatoms. The van der Waals surface area contributed by atoms with Crippen molar-refractivity contribution in [2.75, 3.05) is 24.7 Å². The number of halogens is 3. The van der Waals surface area contributed by atoms with Crippen molar-refractivity contribution in [2.45, 2.75) is 30.8 Å². The Morgan fingerprint density at radius 3 is 2.06 bits per heavy atom. The van der Waals surface area contributed by atoms with E-state index in [9.17, 15) is 52.2 Å². The second-order valence-corrected chi connectivity index (χ2v) is 13.0. The molecule has 6 atom stereocenters. The number of aliphatic hydroxyl groups is 1. The molecule has 0 aromatic heterocycles. The van der Waals surface area contributed by atoms with E-state index >= 15 is 0 Å². The van der Waals surface area contributed by atoms with E-state index in [0.29, 0.717) is 22.4 Å². The standard InChI is InChI=1S/C35H31F3N4O9/c1-42(2)27-22-14-16-13-21-20(15-3-5-17(6-4-15)40-33(49)41-18-7-9-19(10-8-18)51-35(36,37)38)11-12-23(43)25(21)28(44)24(16)30(46)34(22,50)31(47)26(29(27)45)32(39)48/h3-12,16,22,24,26-27,43,50H,13-14H2,1-2H3,(H2,39,48)(H2,40,41,49)/t16-,22-,24?,26?,27-,34-/m0/s1. The van der Waals surface area contributed by atoms with Gasteiger partial charge < -0.3 is 31.3 Å². The average molecular weight is 709 g/mol. The van der Waals surface area contributed by atoms with Gasteiger partial charge in [-0.1, -0.05) is 18.2 Å². The summed E-state index contributed by atoms with van der Waals surface area (Å²) in [5.74, 6) is -12.0. The van der Waals surface area contributed by atoms with Gasteiger partial charge in [-0.25, -0.2) is 4.79 Å². The number of likely N-dealkylation sites (N-methyl/N-ethyl adjacent to an activating group) is 1. The first-order chi connectivity index (χ1) is 23.9. The van der Waals surface area contributed by atoms with Crippen LogP contribution in [-0.4, -0.2) is 82.3 Å². The fourth-order valence-corrected chi connectivity index (χ4v) is 7.64. The highest BCUT2D eigenvalue weighted by atomic mass is 19.4. The van der Waals surface area contributed by atoms with Crippen molar-refractivity contribution in [1.82, 2.24) is 4.90 Å². The van der Waals surface area contributed by atoms with Crippen LogP contribution in [0.25, 0.3) is 11.1 Å². The summed E-state index contributed by atoms with van der Waals surface area (Å²) in [5, 5.41) is 27.7. The molecule has 0 heterocycles. The molecule has 2 fully saturated rings. The number of ketones is 4. The fourth-order valence-electron chi connectivity index (χ4n) is 7.64. The predicted molar refractivity (Wildman–Crippen MR) is 173 cm³/mol. The SMILES string of the molecule is CN(C)[C@@H]1C(=O)C(C(N)=O)C(=O)[C@@]2(O)C(=O)C3C(=O)c4c(O)ccc(-c5ccc(NC(=O)Nc6ccc(OC(F)(F)F)cc6)cc5)c4C[C@H]3C[C@@H]12. The van der Waals surface area contributed by atoms with Crippen LogP contribution < -0.4 is 21.1 Å². The minimum atomic E-state index is -4.86. The lowest BCUT2D eigenvalue weighted by Gasteiger charge is -2.52. The Kier molecular flexibility index (Phi) is 8.71. The number of alkyl halides is 3. The number of nitrogens with one attached hydrogen (secondary N) is 2. The molecule has 2 saturated carbocycles. The van der Waals surface area contributed by atoms with Gasteiger partial charge in [0.05, 0.1) is 17.5 Å². The number of nitrogens with two attached hydrogens (primary N) is 1. The highest BCUT2D eigenvalue weighted by Gasteiger charge is 2.69. The normalized spacial score (nSPS) is 25.8. The van der Waals surface area contributed by atoms with E-state index in [-0.39, 0.29) is 24.1 Å². The van der Waals surface area contributed by atoms with Crippen molar-refractivity contribution in [2.24, 2.45) is 29.4 Å². The highest BCUT2D eigenvalue weighted by molar-refractivity contribution is 6.32. The number of hydrogen-bond acceptors (Lipinski definition) is 10. The number of amides is 3. The molecule has 3 amide bonds. The molecule has 266 valence electrons. The minimum Gasteiger partial charge on any atom is -0.507 e. The number of urea groups is 1. The molecule has 0 radical (unpaired) electrons. The lowest BCUT2D eigenvalue weighted by atomic mass is 9.52. The quantitative estimate of drug-likeness (QED) is 0.237. The maximum atomic E-state index is 14.0. The Morgan fingerprint density at radius 1 is 0.922 bits per heavy atom. The van der Waals surface area contributed by atoms with E-state index in [2.05, 4.69) is 15.4 Å². The number of anilines is 2. The Hall–Kier alpha value is -5.61. The molecule has 51 heavy (non-hydrogen) atoms. The molecule has 6 rings (SSSR count). The number of phenolic OH excluding ortho intramolecular Hbond substituents is 1. The minimum absolute atomic E-state index is 0.0603. The molecule has 3 aromatic rings. The van der Waals surface area contributed by atoms with Crippen LogP contribution in [0.5, 0.6) is 11.5 Å². The molecule has 3 aliphatic rings. The van der Waals surface area contributed by atoms with Gasteiger partial charge in [-0.15, -0.1) is 13.2 Å². The molecular formula is C35H31F3N4O9.